The number of benzene rings is 2. The van der Waals surface area contributed by atoms with Crippen LogP contribution < -0.4 is 18.9 Å². The molecule has 56 heavy (non-hydrogen) atoms. The molecule has 0 radical (unpaired) electrons. The molecular formula is C42H54N2O12+2. The standard InChI is InChI=1S/C42H54N2O12/c1-25(45)51-35-11-13-39(53-27(3)47)29(17-35)23-43(5)31-7-8-32(43)20-37(19-31)55-41(49)15-16-42(50)56-38-21-33-9-10-34(22-38)44(33,6)24-30-18-36(52-26(2)46)12-14-40(30)54-28(4)48/h11-14,17-18,31-34,37-38H,7-10,15-16,19-24H2,1-6H3/q+2/t31-,32+,33-,34+,37?,38?,43?,44?. The van der Waals surface area contributed by atoms with Gasteiger partial charge in [0.05, 0.1) is 62.2 Å². The van der Waals surface area contributed by atoms with E-state index in [1.807, 2.05) is 0 Å². The van der Waals surface area contributed by atoms with E-state index in [1.54, 1.807) is 36.4 Å². The van der Waals surface area contributed by atoms with Gasteiger partial charge in [0, 0.05) is 79.1 Å². The number of hydrogen-bond acceptors (Lipinski definition) is 12. The van der Waals surface area contributed by atoms with Gasteiger partial charge in [-0.2, -0.15) is 0 Å². The van der Waals surface area contributed by atoms with Crippen molar-refractivity contribution < 1.29 is 66.2 Å². The first kappa shape index (κ1) is 40.8. The Morgan fingerprint density at radius 3 is 1.14 bits per heavy atom. The molecule has 0 spiro atoms. The summed E-state index contributed by atoms with van der Waals surface area (Å²) in [7, 11) is 4.35. The molecule has 14 heteroatoms. The van der Waals surface area contributed by atoms with Crippen molar-refractivity contribution in [3.05, 3.63) is 47.5 Å². The minimum Gasteiger partial charge on any atom is -0.462 e. The van der Waals surface area contributed by atoms with Gasteiger partial charge in [-0.15, -0.1) is 0 Å². The molecule has 0 amide bonds. The zero-order chi connectivity index (χ0) is 40.4. The fourth-order valence-corrected chi connectivity index (χ4v) is 9.85. The highest BCUT2D eigenvalue weighted by Crippen LogP contribution is 2.46. The maximum atomic E-state index is 13.0. The lowest BCUT2D eigenvalue weighted by Crippen LogP contribution is -2.58. The Bertz CT molecular complexity index is 1710. The van der Waals surface area contributed by atoms with Crippen LogP contribution >= 0.6 is 0 Å². The van der Waals surface area contributed by atoms with Gasteiger partial charge in [-0.25, -0.2) is 0 Å². The van der Waals surface area contributed by atoms with Gasteiger partial charge in [0.25, 0.3) is 0 Å². The first-order valence-electron chi connectivity index (χ1n) is 19.6. The van der Waals surface area contributed by atoms with Crippen molar-refractivity contribution >= 4 is 35.8 Å². The molecule has 0 N–H and O–H groups in total. The highest BCUT2D eigenvalue weighted by atomic mass is 16.6. The second kappa shape index (κ2) is 16.7. The maximum Gasteiger partial charge on any atom is 0.308 e. The summed E-state index contributed by atoms with van der Waals surface area (Å²) in [6, 6.07) is 10.8. The predicted molar refractivity (Wildman–Crippen MR) is 199 cm³/mol. The molecule has 14 nitrogen and oxygen atoms in total. The molecular weight excluding hydrogens is 724 g/mol. The number of hydrogen-bond donors (Lipinski definition) is 0. The Labute approximate surface area is 327 Å². The SMILES string of the molecule is CC(=O)Oc1ccc(OC(C)=O)c(C[N+]2(C)[C@@H]3CC[C@H]2CC(OC(=O)CCC(=O)OC2C[C@H]4CC[C@@H](C2)[N+]4(C)Cc2cc(OC(C)=O)ccc2OC(C)=O)C3)c1. The zero-order valence-electron chi connectivity index (χ0n) is 33.2. The smallest absolute Gasteiger partial charge is 0.308 e. The highest BCUT2D eigenvalue weighted by molar-refractivity contribution is 5.78. The monoisotopic (exact) mass is 778 g/mol. The summed E-state index contributed by atoms with van der Waals surface area (Å²) < 4.78 is 34.9. The molecule has 4 saturated heterocycles. The first-order valence-corrected chi connectivity index (χ1v) is 19.6. The van der Waals surface area contributed by atoms with E-state index in [0.717, 1.165) is 36.8 Å². The molecule has 4 heterocycles. The molecule has 4 fully saturated rings. The van der Waals surface area contributed by atoms with Crippen LogP contribution in [0.2, 0.25) is 0 Å². The molecule has 4 unspecified atom stereocenters. The van der Waals surface area contributed by atoms with Gasteiger partial charge in [0.2, 0.25) is 0 Å². The number of esters is 6. The third-order valence-corrected chi connectivity index (χ3v) is 12.4. The fraction of sp³-hybridized carbons (Fsp3) is 0.571. The van der Waals surface area contributed by atoms with Crippen LogP contribution in [-0.2, 0) is 51.3 Å². The Kier molecular flexibility index (Phi) is 12.2. The van der Waals surface area contributed by atoms with E-state index < -0.39 is 35.8 Å². The lowest BCUT2D eigenvalue weighted by atomic mass is 9.95. The average molecular weight is 779 g/mol. The van der Waals surface area contributed by atoms with Crippen molar-refractivity contribution in [1.29, 1.82) is 0 Å². The molecule has 0 saturated carbocycles. The summed E-state index contributed by atoms with van der Waals surface area (Å²) in [6.45, 7) is 6.48. The van der Waals surface area contributed by atoms with Crippen molar-refractivity contribution in [3.8, 4) is 23.0 Å². The molecule has 2 aromatic rings. The van der Waals surface area contributed by atoms with Crippen molar-refractivity contribution in [2.75, 3.05) is 14.1 Å². The predicted octanol–water partition coefficient (Wildman–Crippen LogP) is 5.23. The average Bonchev–Trinajstić information content (AvgIpc) is 3.33. The third kappa shape index (κ3) is 9.40. The quantitative estimate of drug-likeness (QED) is 0.148. The van der Waals surface area contributed by atoms with Crippen LogP contribution in [0, 0.1) is 0 Å². The molecule has 2 aromatic carbocycles. The van der Waals surface area contributed by atoms with Crippen molar-refractivity contribution in [1.82, 2.24) is 0 Å². The van der Waals surface area contributed by atoms with Crippen molar-refractivity contribution in [2.24, 2.45) is 0 Å². The van der Waals surface area contributed by atoms with Crippen LogP contribution in [0.15, 0.2) is 36.4 Å². The van der Waals surface area contributed by atoms with E-state index in [9.17, 15) is 28.8 Å². The van der Waals surface area contributed by atoms with Crippen LogP contribution in [0.25, 0.3) is 0 Å². The third-order valence-electron chi connectivity index (χ3n) is 12.4. The lowest BCUT2D eigenvalue weighted by Gasteiger charge is -2.47. The number of quaternary nitrogens is 2. The first-order chi connectivity index (χ1) is 26.5. The van der Waals surface area contributed by atoms with E-state index in [2.05, 4.69) is 14.1 Å². The summed E-state index contributed by atoms with van der Waals surface area (Å²) in [5, 5.41) is 0. The van der Waals surface area contributed by atoms with Crippen LogP contribution in [0.5, 0.6) is 23.0 Å². The van der Waals surface area contributed by atoms with E-state index in [0.29, 0.717) is 70.7 Å². The number of piperidine rings is 2. The number of fused-ring (bicyclic) bond motifs is 4. The van der Waals surface area contributed by atoms with Crippen LogP contribution in [0.3, 0.4) is 0 Å². The number of carbonyl (C=O) groups excluding carboxylic acids is 6. The second-order valence-corrected chi connectivity index (χ2v) is 16.4. The van der Waals surface area contributed by atoms with Gasteiger partial charge in [0.15, 0.2) is 0 Å². The second-order valence-electron chi connectivity index (χ2n) is 16.4. The number of carbonyl (C=O) groups is 6. The van der Waals surface area contributed by atoms with Crippen LogP contribution in [0.1, 0.15) is 103 Å². The maximum absolute atomic E-state index is 13.0. The van der Waals surface area contributed by atoms with Gasteiger partial charge in [0.1, 0.15) is 48.3 Å². The largest absolute Gasteiger partial charge is 0.462 e. The normalized spacial score (nSPS) is 28.8. The minimum absolute atomic E-state index is 0.0591. The molecule has 302 valence electrons. The number of ether oxygens (including phenoxy) is 6. The number of nitrogens with zero attached hydrogens (tertiary/aromatic N) is 2. The van der Waals surface area contributed by atoms with Gasteiger partial charge in [-0.3, -0.25) is 28.8 Å². The summed E-state index contributed by atoms with van der Waals surface area (Å²) in [6.07, 6.45) is 5.90. The zero-order valence-corrected chi connectivity index (χ0v) is 33.2. The number of rotatable bonds is 13. The van der Waals surface area contributed by atoms with Crippen LogP contribution in [-0.4, -0.2) is 95.3 Å². The highest BCUT2D eigenvalue weighted by Gasteiger charge is 2.54. The minimum atomic E-state index is -0.438. The van der Waals surface area contributed by atoms with E-state index >= 15 is 0 Å². The molecule has 0 aliphatic carbocycles. The molecule has 4 aliphatic rings. The summed E-state index contributed by atoms with van der Waals surface area (Å²) >= 11 is 0. The summed E-state index contributed by atoms with van der Waals surface area (Å²) in [4.78, 5) is 73.0. The molecule has 0 aromatic heterocycles. The molecule has 6 rings (SSSR count). The fourth-order valence-electron chi connectivity index (χ4n) is 9.85. The topological polar surface area (TPSA) is 158 Å². The summed E-state index contributed by atoms with van der Waals surface area (Å²) in [5.41, 5.74) is 1.53. The van der Waals surface area contributed by atoms with Gasteiger partial charge >= 0.3 is 35.8 Å². The van der Waals surface area contributed by atoms with E-state index in [1.165, 1.54) is 27.7 Å². The van der Waals surface area contributed by atoms with Gasteiger partial charge in [-0.1, -0.05) is 0 Å². The van der Waals surface area contributed by atoms with E-state index in [4.69, 9.17) is 28.4 Å². The van der Waals surface area contributed by atoms with Crippen molar-refractivity contribution in [3.63, 3.8) is 0 Å². The Balaban J connectivity index is 0.995. The Morgan fingerprint density at radius 1 is 0.518 bits per heavy atom. The Hall–Kier alpha value is -4.82. The Morgan fingerprint density at radius 2 is 0.839 bits per heavy atom. The van der Waals surface area contributed by atoms with Gasteiger partial charge in [-0.05, 0) is 36.4 Å². The molecule has 4 aliphatic heterocycles. The van der Waals surface area contributed by atoms with Crippen LogP contribution in [0.4, 0.5) is 0 Å². The van der Waals surface area contributed by atoms with E-state index in [-0.39, 0.29) is 49.2 Å². The van der Waals surface area contributed by atoms with Crippen molar-refractivity contribution in [2.45, 2.75) is 141 Å². The van der Waals surface area contributed by atoms with Gasteiger partial charge < -0.3 is 37.4 Å². The summed E-state index contributed by atoms with van der Waals surface area (Å²) in [5.74, 6) is -0.951. The lowest BCUT2D eigenvalue weighted by molar-refractivity contribution is -0.961. The molecule has 4 bridgehead atoms. The molecule has 8 atom stereocenters.